The van der Waals surface area contributed by atoms with Crippen LogP contribution < -0.4 is 4.72 Å². The molecule has 0 aliphatic carbocycles. The molecule has 0 aliphatic heterocycles. The second kappa shape index (κ2) is 6.21. The second-order valence-corrected chi connectivity index (χ2v) is 7.55. The average Bonchev–Trinajstić information content (AvgIpc) is 2.96. The van der Waals surface area contributed by atoms with E-state index in [-0.39, 0.29) is 17.1 Å². The van der Waals surface area contributed by atoms with Crippen LogP contribution in [0.1, 0.15) is 38.2 Å². The van der Waals surface area contributed by atoms with Crippen LogP contribution in [-0.2, 0) is 16.6 Å². The van der Waals surface area contributed by atoms with E-state index in [2.05, 4.69) is 14.8 Å². The Labute approximate surface area is 131 Å². The first kappa shape index (κ1) is 16.7. The van der Waals surface area contributed by atoms with E-state index in [0.29, 0.717) is 6.54 Å². The minimum Gasteiger partial charge on any atom is -0.334 e. The van der Waals surface area contributed by atoms with E-state index < -0.39 is 10.0 Å². The summed E-state index contributed by atoms with van der Waals surface area (Å²) >= 11 is 0. The molecule has 22 heavy (non-hydrogen) atoms. The maximum absolute atomic E-state index is 12.3. The van der Waals surface area contributed by atoms with Gasteiger partial charge in [-0.3, -0.25) is 4.68 Å². The van der Waals surface area contributed by atoms with E-state index in [0.717, 1.165) is 11.4 Å². The molecule has 1 atom stereocenters. The van der Waals surface area contributed by atoms with Crippen molar-refractivity contribution < 1.29 is 8.42 Å². The molecule has 2 aromatic rings. The number of rotatable bonds is 6. The fourth-order valence-corrected chi connectivity index (χ4v) is 3.39. The first-order chi connectivity index (χ1) is 10.2. The van der Waals surface area contributed by atoms with Gasteiger partial charge in [0.15, 0.2) is 5.03 Å². The molecule has 122 valence electrons. The van der Waals surface area contributed by atoms with Gasteiger partial charge in [0.25, 0.3) is 10.0 Å². The van der Waals surface area contributed by atoms with Crippen LogP contribution in [-0.4, -0.2) is 33.8 Å². The predicted octanol–water partition coefficient (Wildman–Crippen LogP) is 1.64. The molecule has 2 rings (SSSR count). The van der Waals surface area contributed by atoms with Gasteiger partial charge in [-0.1, -0.05) is 0 Å². The summed E-state index contributed by atoms with van der Waals surface area (Å²) in [6.45, 7) is 10.1. The highest BCUT2D eigenvalue weighted by molar-refractivity contribution is 7.89. The van der Waals surface area contributed by atoms with E-state index in [1.165, 1.54) is 6.33 Å². The second-order valence-electron chi connectivity index (χ2n) is 5.88. The van der Waals surface area contributed by atoms with Crippen molar-refractivity contribution in [1.82, 2.24) is 24.1 Å². The maximum atomic E-state index is 12.3. The topological polar surface area (TPSA) is 81.8 Å². The number of imidazole rings is 1. The van der Waals surface area contributed by atoms with Crippen molar-refractivity contribution in [2.45, 2.75) is 58.3 Å². The van der Waals surface area contributed by atoms with Gasteiger partial charge < -0.3 is 4.57 Å². The Balaban J connectivity index is 2.08. The van der Waals surface area contributed by atoms with E-state index in [4.69, 9.17) is 0 Å². The molecular formula is C14H23N5O2S. The van der Waals surface area contributed by atoms with Gasteiger partial charge >= 0.3 is 0 Å². The number of nitrogens with one attached hydrogen (secondary N) is 1. The van der Waals surface area contributed by atoms with Gasteiger partial charge in [0.2, 0.25) is 0 Å². The fourth-order valence-electron chi connectivity index (χ4n) is 2.22. The summed E-state index contributed by atoms with van der Waals surface area (Å²) in [5, 5.41) is 4.39. The maximum Gasteiger partial charge on any atom is 0.259 e. The van der Waals surface area contributed by atoms with E-state index in [1.807, 2.05) is 40.7 Å². The minimum atomic E-state index is -3.62. The number of hydrogen-bond donors (Lipinski definition) is 1. The third kappa shape index (κ3) is 3.75. The lowest BCUT2D eigenvalue weighted by Crippen LogP contribution is -2.36. The zero-order chi connectivity index (χ0) is 16.5. The molecule has 0 saturated carbocycles. The number of aromatic nitrogens is 4. The molecule has 0 aliphatic rings. The van der Waals surface area contributed by atoms with E-state index >= 15 is 0 Å². The summed E-state index contributed by atoms with van der Waals surface area (Å²) in [5.41, 5.74) is 1.93. The summed E-state index contributed by atoms with van der Waals surface area (Å²) in [5.74, 6) is 0. The van der Waals surface area contributed by atoms with E-state index in [9.17, 15) is 8.42 Å². The zero-order valence-electron chi connectivity index (χ0n) is 13.6. The van der Waals surface area contributed by atoms with Gasteiger partial charge in [0, 0.05) is 24.0 Å². The van der Waals surface area contributed by atoms with Crippen LogP contribution >= 0.6 is 0 Å². The van der Waals surface area contributed by atoms with E-state index in [1.54, 1.807) is 15.4 Å². The van der Waals surface area contributed by atoms with Crippen LogP contribution in [0.15, 0.2) is 23.6 Å². The predicted molar refractivity (Wildman–Crippen MR) is 84.1 cm³/mol. The molecule has 0 amide bonds. The number of nitrogens with zero attached hydrogens (tertiary/aromatic N) is 4. The SMILES string of the molecule is Cc1cc(C)n(C[C@@H](C)NS(=O)(=O)c2cn(C(C)C)cn2)n1. The van der Waals surface area contributed by atoms with Gasteiger partial charge in [-0.05, 0) is 40.7 Å². The van der Waals surface area contributed by atoms with Crippen LogP contribution in [0.25, 0.3) is 0 Å². The van der Waals surface area contributed by atoms with Crippen LogP contribution in [0.2, 0.25) is 0 Å². The lowest BCUT2D eigenvalue weighted by molar-refractivity contribution is 0.484. The molecule has 7 nitrogen and oxygen atoms in total. The van der Waals surface area contributed by atoms with Gasteiger partial charge in [0.05, 0.1) is 18.6 Å². The van der Waals surface area contributed by atoms with Crippen molar-refractivity contribution in [1.29, 1.82) is 0 Å². The highest BCUT2D eigenvalue weighted by Crippen LogP contribution is 2.11. The molecule has 0 saturated heterocycles. The van der Waals surface area contributed by atoms with Crippen molar-refractivity contribution in [3.05, 3.63) is 30.0 Å². The Morgan fingerprint density at radius 3 is 2.45 bits per heavy atom. The van der Waals surface area contributed by atoms with Crippen molar-refractivity contribution in [2.24, 2.45) is 0 Å². The summed E-state index contributed by atoms with van der Waals surface area (Å²) < 4.78 is 30.9. The quantitative estimate of drug-likeness (QED) is 0.875. The number of aryl methyl sites for hydroxylation is 2. The Bertz CT molecular complexity index is 745. The first-order valence-corrected chi connectivity index (χ1v) is 8.74. The molecule has 2 heterocycles. The average molecular weight is 325 g/mol. The molecular weight excluding hydrogens is 302 g/mol. The van der Waals surface area contributed by atoms with Crippen molar-refractivity contribution in [3.8, 4) is 0 Å². The standard InChI is InChI=1S/C14H23N5O2S/c1-10(2)18-8-14(15-9-18)22(20,21)17-12(4)7-19-13(5)6-11(3)16-19/h6,8-10,12,17H,7H2,1-5H3/t12-/m1/s1. The minimum absolute atomic E-state index is 0.0430. The van der Waals surface area contributed by atoms with Crippen LogP contribution in [0, 0.1) is 13.8 Å². The van der Waals surface area contributed by atoms with Crippen molar-refractivity contribution >= 4 is 10.0 Å². The Morgan fingerprint density at radius 2 is 1.95 bits per heavy atom. The fraction of sp³-hybridized carbons (Fsp3) is 0.571. The van der Waals surface area contributed by atoms with Crippen LogP contribution in [0.3, 0.4) is 0 Å². The Hall–Kier alpha value is -1.67. The van der Waals surface area contributed by atoms with Gasteiger partial charge in [-0.25, -0.2) is 18.1 Å². The molecule has 8 heteroatoms. The smallest absolute Gasteiger partial charge is 0.259 e. The third-order valence-electron chi connectivity index (χ3n) is 3.36. The lowest BCUT2D eigenvalue weighted by atomic mass is 10.3. The molecule has 0 unspecified atom stereocenters. The highest BCUT2D eigenvalue weighted by atomic mass is 32.2. The van der Waals surface area contributed by atoms with Gasteiger partial charge in [-0.2, -0.15) is 5.10 Å². The Morgan fingerprint density at radius 1 is 1.27 bits per heavy atom. The summed E-state index contributed by atoms with van der Waals surface area (Å²) in [4.78, 5) is 3.98. The van der Waals surface area contributed by atoms with Crippen molar-refractivity contribution in [3.63, 3.8) is 0 Å². The Kier molecular flexibility index (Phi) is 4.72. The zero-order valence-corrected chi connectivity index (χ0v) is 14.4. The molecule has 0 bridgehead atoms. The first-order valence-electron chi connectivity index (χ1n) is 7.26. The molecule has 0 radical (unpaired) electrons. The molecule has 0 spiro atoms. The highest BCUT2D eigenvalue weighted by Gasteiger charge is 2.21. The van der Waals surface area contributed by atoms with Gasteiger partial charge in [0.1, 0.15) is 0 Å². The normalized spacial score (nSPS) is 13.7. The largest absolute Gasteiger partial charge is 0.334 e. The summed E-state index contributed by atoms with van der Waals surface area (Å²) in [6, 6.07) is 1.85. The molecule has 0 aromatic carbocycles. The number of sulfonamides is 1. The lowest BCUT2D eigenvalue weighted by Gasteiger charge is -2.14. The molecule has 2 aromatic heterocycles. The molecule has 0 fully saturated rings. The summed E-state index contributed by atoms with van der Waals surface area (Å²) in [7, 11) is -3.62. The van der Waals surface area contributed by atoms with Crippen molar-refractivity contribution in [2.75, 3.05) is 0 Å². The van der Waals surface area contributed by atoms with Crippen LogP contribution in [0.4, 0.5) is 0 Å². The summed E-state index contributed by atoms with van der Waals surface area (Å²) in [6.07, 6.45) is 3.08. The van der Waals surface area contributed by atoms with Crippen LogP contribution in [0.5, 0.6) is 0 Å². The third-order valence-corrected chi connectivity index (χ3v) is 4.83. The number of hydrogen-bond acceptors (Lipinski definition) is 4. The monoisotopic (exact) mass is 325 g/mol. The molecule has 1 N–H and O–H groups in total. The van der Waals surface area contributed by atoms with Gasteiger partial charge in [-0.15, -0.1) is 0 Å².